The molecule has 0 spiro atoms. The number of aryl methyl sites for hydroxylation is 1. The third-order valence-electron chi connectivity index (χ3n) is 3.57. The molecule has 0 amide bonds. The van der Waals surface area contributed by atoms with Crippen LogP contribution < -0.4 is 5.73 Å². The predicted molar refractivity (Wildman–Crippen MR) is 55.4 cm³/mol. The van der Waals surface area contributed by atoms with Crippen LogP contribution in [0.5, 0.6) is 0 Å². The van der Waals surface area contributed by atoms with Crippen molar-refractivity contribution < 1.29 is 0 Å². The summed E-state index contributed by atoms with van der Waals surface area (Å²) < 4.78 is 2.17. The van der Waals surface area contributed by atoms with Gasteiger partial charge < -0.3 is 10.3 Å². The van der Waals surface area contributed by atoms with E-state index in [1.807, 2.05) is 6.33 Å². The SMILES string of the molecule is NC1(C2CCCn3cnc(Cl)c32)CC1. The number of nitrogens with two attached hydrogens (primary N) is 1. The first-order valence-electron chi connectivity index (χ1n) is 5.20. The summed E-state index contributed by atoms with van der Waals surface area (Å²) in [5.41, 5.74) is 7.47. The standard InChI is InChI=1S/C10H14ClN3/c11-9-8-7(10(12)3-4-10)2-1-5-14(8)6-13-9/h6-7H,1-5,12H2. The minimum Gasteiger partial charge on any atom is -0.333 e. The smallest absolute Gasteiger partial charge is 0.150 e. The first kappa shape index (κ1) is 8.74. The van der Waals surface area contributed by atoms with Gasteiger partial charge in [-0.1, -0.05) is 11.6 Å². The van der Waals surface area contributed by atoms with E-state index in [0.29, 0.717) is 11.1 Å². The van der Waals surface area contributed by atoms with Gasteiger partial charge in [-0.15, -0.1) is 0 Å². The molecule has 2 heterocycles. The van der Waals surface area contributed by atoms with Crippen LogP contribution in [0.1, 0.15) is 37.3 Å². The third-order valence-corrected chi connectivity index (χ3v) is 3.87. The lowest BCUT2D eigenvalue weighted by molar-refractivity contribution is 0.389. The Hall–Kier alpha value is -0.540. The van der Waals surface area contributed by atoms with Crippen molar-refractivity contribution in [3.8, 4) is 0 Å². The number of hydrogen-bond acceptors (Lipinski definition) is 2. The molecule has 1 saturated carbocycles. The Labute approximate surface area is 88.3 Å². The van der Waals surface area contributed by atoms with Gasteiger partial charge in [0.05, 0.1) is 12.0 Å². The van der Waals surface area contributed by atoms with E-state index in [0.717, 1.165) is 19.4 Å². The van der Waals surface area contributed by atoms with E-state index in [-0.39, 0.29) is 5.54 Å². The quantitative estimate of drug-likeness (QED) is 0.771. The lowest BCUT2D eigenvalue weighted by Gasteiger charge is -2.29. The molecule has 2 N–H and O–H groups in total. The lowest BCUT2D eigenvalue weighted by atomic mass is 9.87. The van der Waals surface area contributed by atoms with E-state index >= 15 is 0 Å². The minimum absolute atomic E-state index is 0.0296. The second-order valence-electron chi connectivity index (χ2n) is 4.54. The van der Waals surface area contributed by atoms with Gasteiger partial charge in [0.15, 0.2) is 5.15 Å². The molecule has 0 radical (unpaired) electrons. The Kier molecular flexibility index (Phi) is 1.71. The van der Waals surface area contributed by atoms with Gasteiger partial charge in [-0.05, 0) is 25.7 Å². The summed E-state index contributed by atoms with van der Waals surface area (Å²) in [5, 5.41) is 0.659. The van der Waals surface area contributed by atoms with E-state index in [1.165, 1.54) is 18.5 Å². The van der Waals surface area contributed by atoms with Crippen molar-refractivity contribution in [2.24, 2.45) is 5.73 Å². The highest BCUT2D eigenvalue weighted by molar-refractivity contribution is 6.30. The topological polar surface area (TPSA) is 43.8 Å². The average molecular weight is 212 g/mol. The van der Waals surface area contributed by atoms with Gasteiger partial charge in [0.25, 0.3) is 0 Å². The van der Waals surface area contributed by atoms with Crippen molar-refractivity contribution in [1.29, 1.82) is 0 Å². The van der Waals surface area contributed by atoms with Crippen LogP contribution in [0.25, 0.3) is 0 Å². The highest BCUT2D eigenvalue weighted by Gasteiger charge is 2.48. The molecule has 4 heteroatoms. The molecule has 1 aromatic heterocycles. The Morgan fingerprint density at radius 2 is 2.36 bits per heavy atom. The second kappa shape index (κ2) is 2.74. The molecule has 1 unspecified atom stereocenters. The molecular formula is C10H14ClN3. The molecule has 1 aliphatic carbocycles. The minimum atomic E-state index is 0.0296. The van der Waals surface area contributed by atoms with E-state index < -0.39 is 0 Å². The second-order valence-corrected chi connectivity index (χ2v) is 4.90. The van der Waals surface area contributed by atoms with E-state index in [9.17, 15) is 0 Å². The molecule has 1 atom stereocenters. The van der Waals surface area contributed by atoms with Gasteiger partial charge in [-0.2, -0.15) is 0 Å². The molecule has 0 saturated heterocycles. The van der Waals surface area contributed by atoms with E-state index in [2.05, 4.69) is 9.55 Å². The van der Waals surface area contributed by atoms with Crippen LogP contribution >= 0.6 is 11.6 Å². The highest BCUT2D eigenvalue weighted by Crippen LogP contribution is 2.50. The molecule has 0 aromatic carbocycles. The van der Waals surface area contributed by atoms with Crippen molar-refractivity contribution in [2.45, 2.75) is 43.7 Å². The van der Waals surface area contributed by atoms with Gasteiger partial charge in [0.2, 0.25) is 0 Å². The Morgan fingerprint density at radius 1 is 1.57 bits per heavy atom. The molecular weight excluding hydrogens is 198 g/mol. The van der Waals surface area contributed by atoms with Crippen LogP contribution in [0.3, 0.4) is 0 Å². The number of rotatable bonds is 1. The zero-order valence-electron chi connectivity index (χ0n) is 8.04. The Morgan fingerprint density at radius 3 is 3.07 bits per heavy atom. The number of imidazole rings is 1. The van der Waals surface area contributed by atoms with Crippen LogP contribution in [-0.4, -0.2) is 15.1 Å². The summed E-state index contributed by atoms with van der Waals surface area (Å²) in [6.45, 7) is 1.04. The first-order valence-corrected chi connectivity index (χ1v) is 5.58. The van der Waals surface area contributed by atoms with Gasteiger partial charge in [0, 0.05) is 18.0 Å². The molecule has 1 aliphatic heterocycles. The zero-order chi connectivity index (χ0) is 9.76. The molecule has 1 aromatic rings. The number of nitrogens with zero attached hydrogens (tertiary/aromatic N) is 2. The van der Waals surface area contributed by atoms with Crippen LogP contribution in [0.15, 0.2) is 6.33 Å². The first-order chi connectivity index (χ1) is 6.71. The summed E-state index contributed by atoms with van der Waals surface area (Å²) in [4.78, 5) is 4.16. The summed E-state index contributed by atoms with van der Waals surface area (Å²) in [6.07, 6.45) is 6.49. The van der Waals surface area contributed by atoms with Crippen molar-refractivity contribution in [3.63, 3.8) is 0 Å². The average Bonchev–Trinajstić information content (AvgIpc) is 2.83. The summed E-state index contributed by atoms with van der Waals surface area (Å²) in [5.74, 6) is 0.436. The van der Waals surface area contributed by atoms with Gasteiger partial charge in [-0.3, -0.25) is 0 Å². The van der Waals surface area contributed by atoms with Gasteiger partial charge in [-0.25, -0.2) is 4.98 Å². The maximum Gasteiger partial charge on any atom is 0.150 e. The van der Waals surface area contributed by atoms with Crippen molar-refractivity contribution in [1.82, 2.24) is 9.55 Å². The summed E-state index contributed by atoms with van der Waals surface area (Å²) >= 11 is 6.10. The fourth-order valence-corrected chi connectivity index (χ4v) is 2.83. The fraction of sp³-hybridized carbons (Fsp3) is 0.700. The number of hydrogen-bond donors (Lipinski definition) is 1. The highest BCUT2D eigenvalue weighted by atomic mass is 35.5. The number of fused-ring (bicyclic) bond motifs is 1. The summed E-state index contributed by atoms with van der Waals surface area (Å²) in [6, 6.07) is 0. The van der Waals surface area contributed by atoms with Gasteiger partial charge >= 0.3 is 0 Å². The van der Waals surface area contributed by atoms with Crippen molar-refractivity contribution in [3.05, 3.63) is 17.2 Å². The zero-order valence-corrected chi connectivity index (χ0v) is 8.80. The summed E-state index contributed by atoms with van der Waals surface area (Å²) in [7, 11) is 0. The molecule has 2 aliphatic rings. The van der Waals surface area contributed by atoms with Crippen molar-refractivity contribution in [2.75, 3.05) is 0 Å². The van der Waals surface area contributed by atoms with Crippen LogP contribution in [0, 0.1) is 0 Å². The fourth-order valence-electron chi connectivity index (χ4n) is 2.54. The predicted octanol–water partition coefficient (Wildman–Crippen LogP) is 1.91. The lowest BCUT2D eigenvalue weighted by Crippen LogP contribution is -2.34. The molecule has 3 nitrogen and oxygen atoms in total. The van der Waals surface area contributed by atoms with Crippen molar-refractivity contribution >= 4 is 11.6 Å². The third kappa shape index (κ3) is 1.12. The monoisotopic (exact) mass is 211 g/mol. The number of aromatic nitrogens is 2. The molecule has 1 fully saturated rings. The normalized spacial score (nSPS) is 28.6. The van der Waals surface area contributed by atoms with E-state index in [1.54, 1.807) is 0 Å². The van der Waals surface area contributed by atoms with Crippen LogP contribution in [0.2, 0.25) is 5.15 Å². The largest absolute Gasteiger partial charge is 0.333 e. The van der Waals surface area contributed by atoms with Gasteiger partial charge in [0.1, 0.15) is 0 Å². The van der Waals surface area contributed by atoms with Crippen LogP contribution in [-0.2, 0) is 6.54 Å². The Balaban J connectivity index is 2.05. The maximum absolute atomic E-state index is 6.26. The maximum atomic E-state index is 6.26. The molecule has 3 rings (SSSR count). The van der Waals surface area contributed by atoms with E-state index in [4.69, 9.17) is 17.3 Å². The molecule has 14 heavy (non-hydrogen) atoms. The number of halogens is 1. The van der Waals surface area contributed by atoms with Crippen LogP contribution in [0.4, 0.5) is 0 Å². The molecule has 0 bridgehead atoms. The molecule has 76 valence electrons. The Bertz CT molecular complexity index is 367.